The van der Waals surface area contributed by atoms with Crippen molar-refractivity contribution in [1.29, 1.82) is 0 Å². The number of benzene rings is 1. The largest absolute Gasteiger partial charge is 0.353 e. The predicted molar refractivity (Wildman–Crippen MR) is 129 cm³/mol. The Kier molecular flexibility index (Phi) is 6.44. The number of amides is 1. The number of imidazole rings is 1. The number of aryl methyl sites for hydroxylation is 1. The zero-order valence-corrected chi connectivity index (χ0v) is 19.2. The van der Waals surface area contributed by atoms with Crippen LogP contribution in [0.15, 0.2) is 42.7 Å². The lowest BCUT2D eigenvalue weighted by atomic mass is 10.1. The van der Waals surface area contributed by atoms with Crippen LogP contribution in [0.4, 0.5) is 15.9 Å². The lowest BCUT2D eigenvalue weighted by molar-refractivity contribution is 0.102. The van der Waals surface area contributed by atoms with Crippen molar-refractivity contribution in [2.75, 3.05) is 29.9 Å². The normalized spacial score (nSPS) is 16.1. The fraction of sp³-hybridized carbons (Fsp3) is 0.304. The second-order valence-corrected chi connectivity index (χ2v) is 8.04. The number of nitrogens with zero attached hydrogens (tertiary/aromatic N) is 5. The molecule has 1 amide bonds. The van der Waals surface area contributed by atoms with Crippen molar-refractivity contribution in [2.45, 2.75) is 26.3 Å². The molecule has 5 rings (SSSR count). The van der Waals surface area contributed by atoms with Crippen molar-refractivity contribution in [2.24, 2.45) is 0 Å². The Bertz CT molecular complexity index is 1320. The lowest BCUT2D eigenvalue weighted by Gasteiger charge is -2.36. The third-order valence-corrected chi connectivity index (χ3v) is 5.87. The molecule has 1 unspecified atom stereocenters. The van der Waals surface area contributed by atoms with E-state index in [1.807, 2.05) is 13.0 Å². The Labute approximate surface area is 196 Å². The third kappa shape index (κ3) is 4.21. The highest BCUT2D eigenvalue weighted by Crippen LogP contribution is 2.31. The molecule has 10 heteroatoms. The quantitative estimate of drug-likeness (QED) is 0.475. The van der Waals surface area contributed by atoms with E-state index in [0.717, 1.165) is 37.3 Å². The van der Waals surface area contributed by atoms with Gasteiger partial charge in [-0.1, -0.05) is 19.1 Å². The molecule has 8 nitrogen and oxygen atoms in total. The minimum atomic E-state index is -0.489. The number of halogens is 2. The predicted octanol–water partition coefficient (Wildman–Crippen LogP) is 3.59. The van der Waals surface area contributed by atoms with E-state index in [0.29, 0.717) is 28.5 Å². The van der Waals surface area contributed by atoms with Gasteiger partial charge in [-0.05, 0) is 25.5 Å². The van der Waals surface area contributed by atoms with Crippen LogP contribution >= 0.6 is 12.4 Å². The SMILES string of the molecule is CCC1CN(c2c(NC(=O)c3cccc4ccnnc34)cc(F)c3nc(C)cn23)CCN1.Cl. The van der Waals surface area contributed by atoms with E-state index in [1.54, 1.807) is 35.0 Å². The van der Waals surface area contributed by atoms with Crippen LogP contribution in [-0.2, 0) is 0 Å². The maximum Gasteiger partial charge on any atom is 0.258 e. The summed E-state index contributed by atoms with van der Waals surface area (Å²) in [4.78, 5) is 19.8. The van der Waals surface area contributed by atoms with E-state index in [9.17, 15) is 9.18 Å². The molecule has 1 atom stereocenters. The van der Waals surface area contributed by atoms with Crippen molar-refractivity contribution >= 4 is 46.4 Å². The van der Waals surface area contributed by atoms with Crippen molar-refractivity contribution in [3.05, 3.63) is 59.8 Å². The van der Waals surface area contributed by atoms with E-state index < -0.39 is 5.82 Å². The maximum absolute atomic E-state index is 15.0. The van der Waals surface area contributed by atoms with Gasteiger partial charge in [-0.25, -0.2) is 9.37 Å². The third-order valence-electron chi connectivity index (χ3n) is 5.87. The molecular weight excluding hydrogens is 445 g/mol. The van der Waals surface area contributed by atoms with E-state index in [-0.39, 0.29) is 24.0 Å². The van der Waals surface area contributed by atoms with Crippen molar-refractivity contribution in [3.63, 3.8) is 0 Å². The fourth-order valence-corrected chi connectivity index (χ4v) is 4.30. The summed E-state index contributed by atoms with van der Waals surface area (Å²) in [5, 5.41) is 15.3. The number of fused-ring (bicyclic) bond motifs is 2. The zero-order chi connectivity index (χ0) is 22.2. The summed E-state index contributed by atoms with van der Waals surface area (Å²) in [6, 6.07) is 8.83. The van der Waals surface area contributed by atoms with Gasteiger partial charge in [-0.2, -0.15) is 5.10 Å². The Balaban J connectivity index is 0.00000259. The van der Waals surface area contributed by atoms with Gasteiger partial charge in [0.1, 0.15) is 11.3 Å². The standard InChI is InChI=1S/C23H24FN7O.ClH/c1-3-16-13-30(10-9-25-16)23-19(11-18(24)21-27-14(2)12-31(21)23)28-22(32)17-6-4-5-15-7-8-26-29-20(15)17;/h4-8,11-12,16,25H,3,9-10,13H2,1-2H3,(H,28,32);1H. The number of carbonyl (C=O) groups is 1. The van der Waals surface area contributed by atoms with E-state index in [1.165, 1.54) is 6.07 Å². The van der Waals surface area contributed by atoms with E-state index >= 15 is 0 Å². The average molecular weight is 470 g/mol. The van der Waals surface area contributed by atoms with Crippen LogP contribution in [0.3, 0.4) is 0 Å². The molecule has 4 aromatic rings. The Hall–Kier alpha value is -3.30. The molecule has 1 aliphatic heterocycles. The summed E-state index contributed by atoms with van der Waals surface area (Å²) in [5.41, 5.74) is 2.24. The molecule has 1 saturated heterocycles. The second-order valence-electron chi connectivity index (χ2n) is 8.04. The number of hydrogen-bond acceptors (Lipinski definition) is 6. The highest BCUT2D eigenvalue weighted by molar-refractivity contribution is 6.12. The lowest BCUT2D eigenvalue weighted by Crippen LogP contribution is -2.51. The van der Waals surface area contributed by atoms with Crippen LogP contribution < -0.4 is 15.5 Å². The maximum atomic E-state index is 15.0. The van der Waals surface area contributed by atoms with Crippen molar-refractivity contribution < 1.29 is 9.18 Å². The summed E-state index contributed by atoms with van der Waals surface area (Å²) in [7, 11) is 0. The van der Waals surface area contributed by atoms with Crippen LogP contribution in [0.1, 0.15) is 29.4 Å². The number of rotatable bonds is 4. The highest BCUT2D eigenvalue weighted by atomic mass is 35.5. The highest BCUT2D eigenvalue weighted by Gasteiger charge is 2.26. The molecule has 0 radical (unpaired) electrons. The van der Waals surface area contributed by atoms with Gasteiger partial charge in [0, 0.05) is 43.3 Å². The van der Waals surface area contributed by atoms with Crippen LogP contribution in [-0.4, -0.2) is 51.2 Å². The van der Waals surface area contributed by atoms with Crippen LogP contribution in [0.5, 0.6) is 0 Å². The molecule has 1 aromatic carbocycles. The van der Waals surface area contributed by atoms with Gasteiger partial charge in [-0.3, -0.25) is 9.20 Å². The van der Waals surface area contributed by atoms with Gasteiger partial charge in [0.25, 0.3) is 5.91 Å². The molecular formula is C23H25ClFN7O. The smallest absolute Gasteiger partial charge is 0.258 e. The molecule has 0 spiro atoms. The van der Waals surface area contributed by atoms with Gasteiger partial charge in [0.2, 0.25) is 0 Å². The number of aromatic nitrogens is 4. The van der Waals surface area contributed by atoms with Gasteiger partial charge in [0.05, 0.1) is 23.1 Å². The summed E-state index contributed by atoms with van der Waals surface area (Å²) in [6.45, 7) is 6.24. The Morgan fingerprint density at radius 3 is 3.00 bits per heavy atom. The fourth-order valence-electron chi connectivity index (χ4n) is 4.30. The first-order chi connectivity index (χ1) is 15.5. The topological polar surface area (TPSA) is 87.5 Å². The van der Waals surface area contributed by atoms with E-state index in [2.05, 4.69) is 37.6 Å². The van der Waals surface area contributed by atoms with Crippen molar-refractivity contribution in [3.8, 4) is 0 Å². The molecule has 2 N–H and O–H groups in total. The second kappa shape index (κ2) is 9.29. The average Bonchev–Trinajstić information content (AvgIpc) is 3.20. The number of carbonyl (C=O) groups excluding carboxylic acids is 1. The molecule has 3 aromatic heterocycles. The van der Waals surface area contributed by atoms with E-state index in [4.69, 9.17) is 0 Å². The summed E-state index contributed by atoms with van der Waals surface area (Å²) >= 11 is 0. The van der Waals surface area contributed by atoms with Gasteiger partial charge in [0.15, 0.2) is 11.5 Å². The van der Waals surface area contributed by atoms with Crippen LogP contribution in [0.2, 0.25) is 0 Å². The zero-order valence-electron chi connectivity index (χ0n) is 18.4. The number of hydrogen-bond donors (Lipinski definition) is 2. The van der Waals surface area contributed by atoms with Gasteiger partial charge in [-0.15, -0.1) is 17.5 Å². The monoisotopic (exact) mass is 469 g/mol. The Morgan fingerprint density at radius 1 is 1.33 bits per heavy atom. The number of piperazine rings is 1. The molecule has 33 heavy (non-hydrogen) atoms. The molecule has 4 heterocycles. The first-order valence-electron chi connectivity index (χ1n) is 10.7. The molecule has 0 bridgehead atoms. The minimum Gasteiger partial charge on any atom is -0.353 e. The number of pyridine rings is 1. The molecule has 0 saturated carbocycles. The van der Waals surface area contributed by atoms with Crippen LogP contribution in [0, 0.1) is 12.7 Å². The Morgan fingerprint density at radius 2 is 2.18 bits per heavy atom. The molecule has 1 aliphatic rings. The number of anilines is 2. The molecule has 1 fully saturated rings. The van der Waals surface area contributed by atoms with Gasteiger partial charge >= 0.3 is 0 Å². The summed E-state index contributed by atoms with van der Waals surface area (Å²) in [6.07, 6.45) is 4.36. The van der Waals surface area contributed by atoms with Crippen molar-refractivity contribution in [1.82, 2.24) is 24.9 Å². The summed E-state index contributed by atoms with van der Waals surface area (Å²) < 4.78 is 16.7. The minimum absolute atomic E-state index is 0. The summed E-state index contributed by atoms with van der Waals surface area (Å²) in [5.74, 6) is -0.131. The van der Waals surface area contributed by atoms with Crippen LogP contribution in [0.25, 0.3) is 16.6 Å². The first kappa shape index (κ1) is 22.9. The molecule has 172 valence electrons. The number of nitrogens with one attached hydrogen (secondary N) is 2. The molecule has 0 aliphatic carbocycles. The first-order valence-corrected chi connectivity index (χ1v) is 10.7. The van der Waals surface area contributed by atoms with Gasteiger partial charge < -0.3 is 15.5 Å².